The molecule has 4 heterocycles. The summed E-state index contributed by atoms with van der Waals surface area (Å²) in [5.41, 5.74) is 0.530. The normalized spacial score (nSPS) is 23.3. The zero-order valence-electron chi connectivity index (χ0n) is 29.7. The third kappa shape index (κ3) is 5.67. The van der Waals surface area contributed by atoms with Crippen molar-refractivity contribution in [2.24, 2.45) is 5.92 Å². The number of imidazole rings is 1. The van der Waals surface area contributed by atoms with Gasteiger partial charge in [0.25, 0.3) is 8.32 Å². The first-order valence-corrected chi connectivity index (χ1v) is 19.1. The number of hydrogen-bond acceptors (Lipinski definition) is 8. The van der Waals surface area contributed by atoms with Gasteiger partial charge in [-0.1, -0.05) is 126 Å². The predicted molar refractivity (Wildman–Crippen MR) is 195 cm³/mol. The Kier molecular flexibility index (Phi) is 8.76. The van der Waals surface area contributed by atoms with Gasteiger partial charge < -0.3 is 24.0 Å². The number of rotatable bonds is 9. The van der Waals surface area contributed by atoms with Gasteiger partial charge in [0.15, 0.2) is 22.8 Å². The molecule has 0 saturated carbocycles. The van der Waals surface area contributed by atoms with Crippen LogP contribution in [0.5, 0.6) is 0 Å². The number of anilines is 1. The minimum absolute atomic E-state index is 0.163. The summed E-state index contributed by atoms with van der Waals surface area (Å²) < 4.78 is 30.1. The molecule has 1 amide bonds. The summed E-state index contributed by atoms with van der Waals surface area (Å²) >= 11 is 0. The maximum absolute atomic E-state index is 12.7. The van der Waals surface area contributed by atoms with E-state index < -0.39 is 38.1 Å². The highest BCUT2D eigenvalue weighted by Crippen LogP contribution is 2.51. The van der Waals surface area contributed by atoms with E-state index in [1.807, 2.05) is 74.7 Å². The molecular formula is C39H45N5O5Si. The van der Waals surface area contributed by atoms with Crippen LogP contribution < -0.4 is 15.7 Å². The van der Waals surface area contributed by atoms with Crippen molar-refractivity contribution in [1.29, 1.82) is 0 Å². The van der Waals surface area contributed by atoms with Crippen molar-refractivity contribution in [3.05, 3.63) is 109 Å². The Morgan fingerprint density at radius 3 is 2.06 bits per heavy atom. The summed E-state index contributed by atoms with van der Waals surface area (Å²) in [5.74, 6) is -0.972. The number of amides is 1. The molecule has 10 nitrogen and oxygen atoms in total. The molecule has 7 rings (SSSR count). The minimum atomic E-state index is -2.92. The van der Waals surface area contributed by atoms with Crippen molar-refractivity contribution < 1.29 is 23.4 Å². The number of nitrogens with zero attached hydrogens (tertiary/aromatic N) is 4. The number of ether oxygens (including phenoxy) is 3. The Bertz CT molecular complexity index is 1930. The Morgan fingerprint density at radius 2 is 1.48 bits per heavy atom. The number of hydrogen-bond donors (Lipinski definition) is 1. The zero-order chi connectivity index (χ0) is 35.3. The van der Waals surface area contributed by atoms with Crippen LogP contribution in [-0.2, 0) is 29.2 Å². The van der Waals surface area contributed by atoms with E-state index in [1.165, 1.54) is 16.7 Å². The van der Waals surface area contributed by atoms with Gasteiger partial charge in [-0.15, -0.1) is 0 Å². The van der Waals surface area contributed by atoms with E-state index in [0.29, 0.717) is 17.0 Å². The third-order valence-electron chi connectivity index (χ3n) is 9.74. The molecule has 0 bridgehead atoms. The number of benzene rings is 3. The summed E-state index contributed by atoms with van der Waals surface area (Å²) in [7, 11) is -2.92. The van der Waals surface area contributed by atoms with E-state index in [1.54, 1.807) is 6.33 Å². The van der Waals surface area contributed by atoms with Crippen LogP contribution >= 0.6 is 0 Å². The summed E-state index contributed by atoms with van der Waals surface area (Å²) in [6.07, 6.45) is 1.48. The first kappa shape index (κ1) is 34.2. The molecule has 50 heavy (non-hydrogen) atoms. The van der Waals surface area contributed by atoms with Crippen LogP contribution in [0.1, 0.15) is 54.0 Å². The fourth-order valence-electron chi connectivity index (χ4n) is 7.50. The van der Waals surface area contributed by atoms with Crippen LogP contribution in [0.2, 0.25) is 5.04 Å². The highest BCUT2D eigenvalue weighted by Gasteiger charge is 2.65. The van der Waals surface area contributed by atoms with Gasteiger partial charge in [-0.25, -0.2) is 15.0 Å². The average Bonchev–Trinajstić information content (AvgIpc) is 3.76. The molecule has 0 aliphatic carbocycles. The molecule has 2 fully saturated rings. The molecule has 0 unspecified atom stereocenters. The SMILES string of the molecule is CC(C)C(=O)Nc1ncnc2c1ncn2[C@]1(c2ccccc2)O[C@H](CO[Si](c2ccccc2)(c2ccccc2)C(C)(C)C)[C@H]2OC(C)(C)O[C@H]21. The van der Waals surface area contributed by atoms with E-state index in [2.05, 4.69) is 84.6 Å². The molecule has 2 aliphatic heterocycles. The number of fused-ring (bicyclic) bond motifs is 2. The average molecular weight is 692 g/mol. The van der Waals surface area contributed by atoms with Crippen molar-refractivity contribution in [2.45, 2.75) is 83.3 Å². The summed E-state index contributed by atoms with van der Waals surface area (Å²) in [6, 6.07) is 31.1. The van der Waals surface area contributed by atoms with Crippen LogP contribution in [0.3, 0.4) is 0 Å². The number of aromatic nitrogens is 4. The molecule has 3 aromatic carbocycles. The van der Waals surface area contributed by atoms with E-state index in [-0.39, 0.29) is 23.5 Å². The Hall–Kier alpha value is -4.26. The molecule has 1 N–H and O–H groups in total. The lowest BCUT2D eigenvalue weighted by molar-refractivity contribution is -0.221. The highest BCUT2D eigenvalue weighted by atomic mass is 28.4. The molecule has 5 aromatic rings. The quantitative estimate of drug-likeness (QED) is 0.199. The molecule has 260 valence electrons. The Labute approximate surface area is 294 Å². The largest absolute Gasteiger partial charge is 0.405 e. The first-order valence-electron chi connectivity index (χ1n) is 17.2. The monoisotopic (exact) mass is 691 g/mol. The van der Waals surface area contributed by atoms with Gasteiger partial charge in [-0.3, -0.25) is 9.36 Å². The van der Waals surface area contributed by atoms with E-state index in [4.69, 9.17) is 23.6 Å². The molecule has 0 radical (unpaired) electrons. The molecule has 2 aliphatic rings. The second-order valence-electron chi connectivity index (χ2n) is 14.9. The number of nitrogens with one attached hydrogen (secondary N) is 1. The molecule has 4 atom stereocenters. The van der Waals surface area contributed by atoms with Crippen molar-refractivity contribution in [3.63, 3.8) is 0 Å². The van der Waals surface area contributed by atoms with Crippen molar-refractivity contribution in [1.82, 2.24) is 19.5 Å². The lowest BCUT2D eigenvalue weighted by Gasteiger charge is -2.44. The topological polar surface area (TPSA) is 110 Å². The standard InChI is InChI=1S/C39H45N5O5Si/c1-26(2)36(45)43-34-31-35(41-24-40-34)44(25-42-31)39(27-17-11-8-12-18-27)33-32(48-38(6,7)49-33)30(47-39)23-46-50(37(3,4)5,28-19-13-9-14-20-28)29-21-15-10-16-22-29/h8-22,24-26,30,32-33H,23H2,1-7H3,(H,40,41,43,45)/t30-,32-,33-,39-/m1/s1. The second kappa shape index (κ2) is 12.8. The van der Waals surface area contributed by atoms with Gasteiger partial charge in [0, 0.05) is 11.5 Å². The lowest BCUT2D eigenvalue weighted by atomic mass is 9.94. The van der Waals surface area contributed by atoms with Gasteiger partial charge in [0.2, 0.25) is 11.6 Å². The molecule has 11 heteroatoms. The van der Waals surface area contributed by atoms with Gasteiger partial charge in [-0.2, -0.15) is 0 Å². The fraction of sp³-hybridized carbons (Fsp3) is 0.385. The fourth-order valence-corrected chi connectivity index (χ4v) is 12.1. The van der Waals surface area contributed by atoms with Crippen LogP contribution in [-0.4, -0.2) is 64.4 Å². The van der Waals surface area contributed by atoms with E-state index >= 15 is 0 Å². The summed E-state index contributed by atoms with van der Waals surface area (Å²) in [4.78, 5) is 26.5. The number of carbonyl (C=O) groups excluding carboxylic acids is 1. The maximum atomic E-state index is 12.7. The number of carbonyl (C=O) groups is 1. The second-order valence-corrected chi connectivity index (χ2v) is 19.2. The lowest BCUT2D eigenvalue weighted by Crippen LogP contribution is -2.67. The van der Waals surface area contributed by atoms with Crippen LogP contribution in [0.15, 0.2) is 104 Å². The van der Waals surface area contributed by atoms with E-state index in [0.717, 1.165) is 5.56 Å². The van der Waals surface area contributed by atoms with Crippen LogP contribution in [0, 0.1) is 5.92 Å². The van der Waals surface area contributed by atoms with Gasteiger partial charge in [0.1, 0.15) is 24.6 Å². The van der Waals surface area contributed by atoms with Crippen LogP contribution in [0.25, 0.3) is 11.2 Å². The maximum Gasteiger partial charge on any atom is 0.261 e. The molecule has 2 saturated heterocycles. The summed E-state index contributed by atoms with van der Waals surface area (Å²) in [6.45, 7) is 14.5. The van der Waals surface area contributed by atoms with Crippen molar-refractivity contribution in [2.75, 3.05) is 11.9 Å². The van der Waals surface area contributed by atoms with Crippen LogP contribution in [0.4, 0.5) is 5.82 Å². The zero-order valence-corrected chi connectivity index (χ0v) is 30.7. The van der Waals surface area contributed by atoms with Gasteiger partial charge >= 0.3 is 0 Å². The minimum Gasteiger partial charge on any atom is -0.405 e. The van der Waals surface area contributed by atoms with Crippen molar-refractivity contribution >= 4 is 41.6 Å². The Balaban J connectivity index is 1.36. The predicted octanol–water partition coefficient (Wildman–Crippen LogP) is 5.62. The third-order valence-corrected chi connectivity index (χ3v) is 14.7. The summed E-state index contributed by atoms with van der Waals surface area (Å²) in [5, 5.41) is 5.04. The Morgan fingerprint density at radius 1 is 0.880 bits per heavy atom. The molecule has 0 spiro atoms. The van der Waals surface area contributed by atoms with E-state index in [9.17, 15) is 4.79 Å². The van der Waals surface area contributed by atoms with Crippen molar-refractivity contribution in [3.8, 4) is 0 Å². The van der Waals surface area contributed by atoms with Gasteiger partial charge in [0.05, 0.1) is 12.9 Å². The van der Waals surface area contributed by atoms with Gasteiger partial charge in [-0.05, 0) is 29.3 Å². The first-order chi connectivity index (χ1) is 23.9. The molecular weight excluding hydrogens is 647 g/mol. The smallest absolute Gasteiger partial charge is 0.261 e. The molecule has 2 aromatic heterocycles. The highest BCUT2D eigenvalue weighted by molar-refractivity contribution is 6.99.